The van der Waals surface area contributed by atoms with Gasteiger partial charge in [0.05, 0.1) is 0 Å². The molecular weight excluding hydrogens is 236 g/mol. The molecular formula is C15H26N4. The quantitative estimate of drug-likeness (QED) is 0.890. The maximum absolute atomic E-state index is 5.58. The summed E-state index contributed by atoms with van der Waals surface area (Å²) in [6.45, 7) is 9.67. The zero-order chi connectivity index (χ0) is 13.9. The molecule has 0 amide bonds. The van der Waals surface area contributed by atoms with E-state index in [4.69, 9.17) is 5.73 Å². The molecule has 2 N–H and O–H groups in total. The van der Waals surface area contributed by atoms with Crippen LogP contribution in [0.15, 0.2) is 12.4 Å². The van der Waals surface area contributed by atoms with Crippen LogP contribution in [0.4, 0.5) is 5.95 Å². The van der Waals surface area contributed by atoms with Gasteiger partial charge in [-0.05, 0) is 30.6 Å². The van der Waals surface area contributed by atoms with Gasteiger partial charge < -0.3 is 10.6 Å². The number of hydrogen-bond acceptors (Lipinski definition) is 4. The minimum Gasteiger partial charge on any atom is -0.341 e. The molecule has 106 valence electrons. The average molecular weight is 262 g/mol. The number of nitrogens with two attached hydrogens (primary N) is 1. The highest BCUT2D eigenvalue weighted by molar-refractivity contribution is 5.30. The van der Waals surface area contributed by atoms with Crippen LogP contribution in [0.5, 0.6) is 0 Å². The second kappa shape index (κ2) is 5.87. The third-order valence-corrected chi connectivity index (χ3v) is 4.16. The molecule has 0 aliphatic carbocycles. The van der Waals surface area contributed by atoms with Crippen LogP contribution in [0.25, 0.3) is 0 Å². The van der Waals surface area contributed by atoms with Crippen LogP contribution >= 0.6 is 0 Å². The van der Waals surface area contributed by atoms with E-state index < -0.39 is 0 Å². The molecule has 1 unspecified atom stereocenters. The van der Waals surface area contributed by atoms with Gasteiger partial charge in [0, 0.05) is 37.6 Å². The number of anilines is 1. The van der Waals surface area contributed by atoms with E-state index >= 15 is 0 Å². The lowest BCUT2D eigenvalue weighted by atomic mass is 9.77. The van der Waals surface area contributed by atoms with Crippen LogP contribution < -0.4 is 10.6 Å². The highest BCUT2D eigenvalue weighted by atomic mass is 15.2. The molecule has 4 nitrogen and oxygen atoms in total. The van der Waals surface area contributed by atoms with E-state index in [0.717, 1.165) is 30.5 Å². The van der Waals surface area contributed by atoms with Gasteiger partial charge in [0.25, 0.3) is 0 Å². The Balaban J connectivity index is 2.02. The standard InChI is InChI=1S/C15H26N4/c1-15(2,3)13-5-4-7-19(8-6-13)14-17-10-12(9-16)11-18-14/h10-11,13H,4-9,16H2,1-3H3. The van der Waals surface area contributed by atoms with E-state index in [9.17, 15) is 0 Å². The van der Waals surface area contributed by atoms with Gasteiger partial charge >= 0.3 is 0 Å². The van der Waals surface area contributed by atoms with Crippen molar-refractivity contribution < 1.29 is 0 Å². The van der Waals surface area contributed by atoms with Crippen molar-refractivity contribution in [1.29, 1.82) is 0 Å². The second-order valence-corrected chi connectivity index (χ2v) is 6.58. The number of hydrogen-bond donors (Lipinski definition) is 1. The van der Waals surface area contributed by atoms with E-state index in [1.54, 1.807) is 0 Å². The average Bonchev–Trinajstić information content (AvgIpc) is 2.64. The molecule has 2 rings (SSSR count). The Labute approximate surface area is 116 Å². The fourth-order valence-electron chi connectivity index (χ4n) is 2.78. The lowest BCUT2D eigenvalue weighted by Crippen LogP contribution is -2.27. The summed E-state index contributed by atoms with van der Waals surface area (Å²) in [7, 11) is 0. The van der Waals surface area contributed by atoms with Crippen LogP contribution in [-0.2, 0) is 6.54 Å². The molecule has 1 atom stereocenters. The molecule has 0 bridgehead atoms. The summed E-state index contributed by atoms with van der Waals surface area (Å²) in [5.41, 5.74) is 6.97. The molecule has 0 radical (unpaired) electrons. The Bertz CT molecular complexity index is 394. The van der Waals surface area contributed by atoms with E-state index in [-0.39, 0.29) is 0 Å². The molecule has 1 aliphatic heterocycles. The fourth-order valence-corrected chi connectivity index (χ4v) is 2.78. The topological polar surface area (TPSA) is 55.0 Å². The third kappa shape index (κ3) is 3.66. The first-order valence-electron chi connectivity index (χ1n) is 7.26. The van der Waals surface area contributed by atoms with E-state index in [0.29, 0.717) is 12.0 Å². The van der Waals surface area contributed by atoms with Crippen molar-refractivity contribution in [3.63, 3.8) is 0 Å². The van der Waals surface area contributed by atoms with E-state index in [1.165, 1.54) is 19.3 Å². The summed E-state index contributed by atoms with van der Waals surface area (Å²) in [4.78, 5) is 11.2. The van der Waals surface area contributed by atoms with Crippen molar-refractivity contribution in [2.75, 3.05) is 18.0 Å². The van der Waals surface area contributed by atoms with Gasteiger partial charge in [0.2, 0.25) is 5.95 Å². The molecule has 1 fully saturated rings. The zero-order valence-corrected chi connectivity index (χ0v) is 12.4. The first kappa shape index (κ1) is 14.3. The van der Waals surface area contributed by atoms with Crippen LogP contribution in [0, 0.1) is 11.3 Å². The maximum atomic E-state index is 5.58. The Morgan fingerprint density at radius 1 is 1.21 bits per heavy atom. The molecule has 1 aliphatic rings. The summed E-state index contributed by atoms with van der Waals surface area (Å²) in [5.74, 6) is 1.65. The number of aromatic nitrogens is 2. The summed E-state index contributed by atoms with van der Waals surface area (Å²) in [6.07, 6.45) is 7.44. The normalized spacial score (nSPS) is 21.3. The van der Waals surface area contributed by atoms with Crippen molar-refractivity contribution >= 4 is 5.95 Å². The fraction of sp³-hybridized carbons (Fsp3) is 0.733. The van der Waals surface area contributed by atoms with Gasteiger partial charge in [-0.2, -0.15) is 0 Å². The largest absolute Gasteiger partial charge is 0.341 e. The molecule has 0 aromatic carbocycles. The van der Waals surface area contributed by atoms with Gasteiger partial charge in [-0.25, -0.2) is 9.97 Å². The van der Waals surface area contributed by atoms with Crippen molar-refractivity contribution in [2.24, 2.45) is 17.1 Å². The van der Waals surface area contributed by atoms with Crippen molar-refractivity contribution in [2.45, 2.75) is 46.6 Å². The van der Waals surface area contributed by atoms with Crippen molar-refractivity contribution in [1.82, 2.24) is 9.97 Å². The predicted octanol–water partition coefficient (Wildman–Crippen LogP) is 2.59. The Kier molecular flexibility index (Phi) is 4.40. The highest BCUT2D eigenvalue weighted by Gasteiger charge is 2.27. The van der Waals surface area contributed by atoms with Gasteiger partial charge in [0.1, 0.15) is 0 Å². The van der Waals surface area contributed by atoms with Gasteiger partial charge in [-0.3, -0.25) is 0 Å². The molecule has 1 aromatic heterocycles. The minimum atomic E-state index is 0.403. The van der Waals surface area contributed by atoms with Gasteiger partial charge in [-0.1, -0.05) is 20.8 Å². The summed E-state index contributed by atoms with van der Waals surface area (Å²) < 4.78 is 0. The van der Waals surface area contributed by atoms with Crippen LogP contribution in [0.2, 0.25) is 0 Å². The van der Waals surface area contributed by atoms with Crippen molar-refractivity contribution in [3.05, 3.63) is 18.0 Å². The molecule has 1 saturated heterocycles. The molecule has 2 heterocycles. The second-order valence-electron chi connectivity index (χ2n) is 6.58. The first-order valence-corrected chi connectivity index (χ1v) is 7.26. The zero-order valence-electron chi connectivity index (χ0n) is 12.4. The van der Waals surface area contributed by atoms with Gasteiger partial charge in [0.15, 0.2) is 0 Å². The van der Waals surface area contributed by atoms with E-state index in [2.05, 4.69) is 35.6 Å². The maximum Gasteiger partial charge on any atom is 0.225 e. The van der Waals surface area contributed by atoms with Crippen LogP contribution in [0.3, 0.4) is 0 Å². The monoisotopic (exact) mass is 262 g/mol. The molecule has 1 aromatic rings. The smallest absolute Gasteiger partial charge is 0.225 e. The molecule has 0 spiro atoms. The number of nitrogens with zero attached hydrogens (tertiary/aromatic N) is 3. The Morgan fingerprint density at radius 2 is 1.89 bits per heavy atom. The minimum absolute atomic E-state index is 0.403. The predicted molar refractivity (Wildman–Crippen MR) is 78.9 cm³/mol. The summed E-state index contributed by atoms with van der Waals surface area (Å²) >= 11 is 0. The summed E-state index contributed by atoms with van der Waals surface area (Å²) in [5, 5.41) is 0. The van der Waals surface area contributed by atoms with Crippen LogP contribution in [-0.4, -0.2) is 23.1 Å². The van der Waals surface area contributed by atoms with Crippen LogP contribution in [0.1, 0.15) is 45.6 Å². The Hall–Kier alpha value is -1.16. The van der Waals surface area contributed by atoms with E-state index in [1.807, 2.05) is 12.4 Å². The molecule has 4 heteroatoms. The summed E-state index contributed by atoms with van der Waals surface area (Å²) in [6, 6.07) is 0. The SMILES string of the molecule is CC(C)(C)C1CCCN(c2ncc(CN)cn2)CC1. The molecule has 0 saturated carbocycles. The third-order valence-electron chi connectivity index (χ3n) is 4.16. The van der Waals surface area contributed by atoms with Crippen molar-refractivity contribution in [3.8, 4) is 0 Å². The lowest BCUT2D eigenvalue weighted by Gasteiger charge is -2.29. The lowest BCUT2D eigenvalue weighted by molar-refractivity contribution is 0.220. The first-order chi connectivity index (χ1) is 9.00. The molecule has 19 heavy (non-hydrogen) atoms. The highest BCUT2D eigenvalue weighted by Crippen LogP contribution is 2.34. The Morgan fingerprint density at radius 3 is 2.47 bits per heavy atom. The number of rotatable bonds is 2. The van der Waals surface area contributed by atoms with Gasteiger partial charge in [-0.15, -0.1) is 0 Å².